The van der Waals surface area contributed by atoms with Crippen LogP contribution in [0.25, 0.3) is 0 Å². The lowest BCUT2D eigenvalue weighted by molar-refractivity contribution is -0.161. The average molecular weight is 1530 g/mol. The predicted octanol–water partition coefficient (Wildman–Crippen LogP) is 24.4. The molecule has 0 aromatic heterocycles. The molecule has 0 saturated carbocycles. The topological polar surface area (TPSA) is 237 Å². The molecule has 0 aliphatic rings. The molecule has 0 fully saturated rings. The second-order valence-corrected chi connectivity index (χ2v) is 30.2. The van der Waals surface area contributed by atoms with E-state index in [0.29, 0.717) is 25.7 Å². The van der Waals surface area contributed by atoms with E-state index in [1.165, 1.54) is 38.5 Å². The number of phosphoric ester groups is 2. The van der Waals surface area contributed by atoms with Crippen LogP contribution in [0.3, 0.4) is 0 Å². The van der Waals surface area contributed by atoms with Gasteiger partial charge >= 0.3 is 39.5 Å². The van der Waals surface area contributed by atoms with Gasteiger partial charge in [-0.2, -0.15) is 0 Å². The van der Waals surface area contributed by atoms with Gasteiger partial charge in [0, 0.05) is 25.7 Å². The lowest BCUT2D eigenvalue weighted by atomic mass is 10.1. The summed E-state index contributed by atoms with van der Waals surface area (Å²) in [5.74, 6) is -2.22. The molecule has 0 heterocycles. The van der Waals surface area contributed by atoms with Crippen LogP contribution in [-0.2, 0) is 65.4 Å². The number of ether oxygens (including phenoxy) is 4. The Kier molecular flexibility index (Phi) is 74.8. The fraction of sp³-hybridized carbons (Fsp3) is 0.701. The largest absolute Gasteiger partial charge is 0.472 e. The van der Waals surface area contributed by atoms with Crippen LogP contribution in [-0.4, -0.2) is 96.7 Å². The third-order valence-corrected chi connectivity index (χ3v) is 19.0. The average Bonchev–Trinajstić information content (AvgIpc) is 0.901. The zero-order valence-corrected chi connectivity index (χ0v) is 68.4. The van der Waals surface area contributed by atoms with Crippen LogP contribution in [0.4, 0.5) is 0 Å². The minimum atomic E-state index is -4.99. The van der Waals surface area contributed by atoms with Gasteiger partial charge in [0.15, 0.2) is 12.2 Å². The number of aliphatic hydroxyl groups is 1. The van der Waals surface area contributed by atoms with Gasteiger partial charge in [0.05, 0.1) is 26.4 Å². The highest BCUT2D eigenvalue weighted by Gasteiger charge is 2.30. The van der Waals surface area contributed by atoms with E-state index in [9.17, 15) is 43.2 Å². The van der Waals surface area contributed by atoms with Gasteiger partial charge in [0.2, 0.25) is 0 Å². The Morgan fingerprint density at radius 2 is 0.491 bits per heavy atom. The molecule has 5 unspecified atom stereocenters. The lowest BCUT2D eigenvalue weighted by Gasteiger charge is -2.21. The molecule has 19 heteroatoms. The molecule has 106 heavy (non-hydrogen) atoms. The zero-order chi connectivity index (χ0) is 77.4. The molecular weight excluding hydrogens is 1380 g/mol. The summed E-state index contributed by atoms with van der Waals surface area (Å²) in [4.78, 5) is 73.2. The minimum absolute atomic E-state index is 0.0773. The SMILES string of the molecule is CC/C=C\C/C=C\C/C=C\C/C=C\CCCCCCC(=O)OCC(COP(=O)(O)OCC(O)COP(=O)(O)OCC(COC(=O)CCCCCCCCC/C=C\C/C=C\C/C=C\CC)OC(=O)CCCCCCCCC/C=C\C/C=C\C/C=C\CC)OC(=O)CCCCCCC/C=C\CCCCCCCC. The number of unbranched alkanes of at least 4 members (excludes halogenated alkanes) is 29. The van der Waals surface area contributed by atoms with Crippen molar-refractivity contribution in [3.8, 4) is 0 Å². The summed E-state index contributed by atoms with van der Waals surface area (Å²) < 4.78 is 68.7. The second-order valence-electron chi connectivity index (χ2n) is 27.3. The first-order valence-electron chi connectivity index (χ1n) is 41.4. The summed E-state index contributed by atoms with van der Waals surface area (Å²) in [5, 5.41) is 10.7. The molecule has 608 valence electrons. The molecule has 3 N–H and O–H groups in total. The van der Waals surface area contributed by atoms with Crippen molar-refractivity contribution >= 4 is 39.5 Å². The molecular formula is C87H148O17P2. The quantitative estimate of drug-likeness (QED) is 0.0169. The molecule has 0 saturated heterocycles. The van der Waals surface area contributed by atoms with Crippen LogP contribution < -0.4 is 0 Å². The summed E-state index contributed by atoms with van der Waals surface area (Å²) in [6.45, 7) is 4.51. The van der Waals surface area contributed by atoms with Crippen molar-refractivity contribution in [2.45, 2.75) is 354 Å². The maximum absolute atomic E-state index is 13.1. The number of allylic oxidation sites excluding steroid dienone is 22. The molecule has 5 atom stereocenters. The Morgan fingerprint density at radius 3 is 0.764 bits per heavy atom. The summed E-state index contributed by atoms with van der Waals surface area (Å²) in [6.07, 6.45) is 88.4. The van der Waals surface area contributed by atoms with Gasteiger partial charge in [-0.15, -0.1) is 0 Å². The summed E-state index contributed by atoms with van der Waals surface area (Å²) >= 11 is 0. The van der Waals surface area contributed by atoms with Crippen molar-refractivity contribution in [1.29, 1.82) is 0 Å². The number of hydrogen-bond donors (Lipinski definition) is 3. The third-order valence-electron chi connectivity index (χ3n) is 17.1. The Morgan fingerprint density at radius 1 is 0.274 bits per heavy atom. The lowest BCUT2D eigenvalue weighted by Crippen LogP contribution is -2.30. The third kappa shape index (κ3) is 77.4. The molecule has 17 nitrogen and oxygen atoms in total. The molecule has 0 rings (SSSR count). The van der Waals surface area contributed by atoms with E-state index >= 15 is 0 Å². The highest BCUT2D eigenvalue weighted by atomic mass is 31.2. The number of carbonyl (C=O) groups is 4. The molecule has 0 aromatic carbocycles. The standard InChI is InChI=1S/C87H148O17P2/c1-5-9-13-17-21-25-29-33-37-40-44-47-51-55-59-63-67-71-84(89)97-77-82(103-86(91)73-69-65-61-57-53-49-43-36-32-28-24-20-16-12-8-4)79-101-105(93,94)99-75-81(88)76-100-106(95,96)102-80-83(104-87(92)74-70-66-62-58-54-50-46-42-39-35-31-27-23-19-15-11-7-3)78-98-85(90)72-68-64-60-56-52-48-45-41-38-34-30-26-22-18-14-10-6-2/h9-11,13-15,21-23,25-27,33-39,43-44,47,81-83,88H,5-8,12,16-20,24,28-32,40-42,45-46,48-80H2,1-4H3,(H,93,94)(H,95,96)/b13-9-,14-10-,15-11-,25-21-,26-22-,27-23-,37-33-,38-34-,39-35-,43-36-,47-44-. The monoisotopic (exact) mass is 1530 g/mol. The van der Waals surface area contributed by atoms with Crippen LogP contribution in [0.15, 0.2) is 134 Å². The van der Waals surface area contributed by atoms with Gasteiger partial charge in [-0.25, -0.2) is 9.13 Å². The molecule has 0 amide bonds. The molecule has 0 bridgehead atoms. The predicted molar refractivity (Wildman–Crippen MR) is 436 cm³/mol. The summed E-state index contributed by atoms with van der Waals surface area (Å²) in [7, 11) is -9.98. The van der Waals surface area contributed by atoms with Crippen molar-refractivity contribution in [2.24, 2.45) is 0 Å². The number of carbonyl (C=O) groups excluding carboxylic acids is 4. The number of phosphoric acid groups is 2. The van der Waals surface area contributed by atoms with Crippen LogP contribution in [0.2, 0.25) is 0 Å². The maximum Gasteiger partial charge on any atom is 0.472 e. The molecule has 0 aromatic rings. The van der Waals surface area contributed by atoms with Crippen LogP contribution in [0, 0.1) is 0 Å². The van der Waals surface area contributed by atoms with E-state index in [1.54, 1.807) is 0 Å². The maximum atomic E-state index is 13.1. The molecule has 0 spiro atoms. The van der Waals surface area contributed by atoms with E-state index in [4.69, 9.17) is 37.0 Å². The van der Waals surface area contributed by atoms with Crippen molar-refractivity contribution in [2.75, 3.05) is 39.6 Å². The summed E-state index contributed by atoms with van der Waals surface area (Å²) in [5.41, 5.74) is 0. The first kappa shape index (κ1) is 101. The normalized spacial score (nSPS) is 14.5. The van der Waals surface area contributed by atoms with Crippen LogP contribution in [0.1, 0.15) is 336 Å². The van der Waals surface area contributed by atoms with Gasteiger partial charge in [0.1, 0.15) is 19.3 Å². The van der Waals surface area contributed by atoms with E-state index in [2.05, 4.69) is 161 Å². The van der Waals surface area contributed by atoms with Gasteiger partial charge in [-0.05, 0) is 154 Å². The van der Waals surface area contributed by atoms with Gasteiger partial charge in [-0.1, -0.05) is 290 Å². The van der Waals surface area contributed by atoms with Gasteiger partial charge in [0.25, 0.3) is 0 Å². The van der Waals surface area contributed by atoms with Crippen molar-refractivity contribution in [3.63, 3.8) is 0 Å². The first-order chi connectivity index (χ1) is 51.7. The van der Waals surface area contributed by atoms with E-state index in [0.717, 1.165) is 218 Å². The molecule has 0 aliphatic heterocycles. The summed E-state index contributed by atoms with van der Waals surface area (Å²) in [6, 6.07) is 0. The Bertz CT molecular complexity index is 2530. The number of hydrogen-bond acceptors (Lipinski definition) is 15. The van der Waals surface area contributed by atoms with Crippen molar-refractivity contribution in [1.82, 2.24) is 0 Å². The van der Waals surface area contributed by atoms with Crippen molar-refractivity contribution < 1.29 is 80.2 Å². The zero-order valence-electron chi connectivity index (χ0n) is 66.6. The van der Waals surface area contributed by atoms with E-state index in [1.807, 2.05) is 0 Å². The fourth-order valence-electron chi connectivity index (χ4n) is 10.9. The van der Waals surface area contributed by atoms with Gasteiger partial charge < -0.3 is 33.8 Å². The van der Waals surface area contributed by atoms with Gasteiger partial charge in [-0.3, -0.25) is 37.3 Å². The highest BCUT2D eigenvalue weighted by molar-refractivity contribution is 7.47. The second kappa shape index (κ2) is 78.3. The Labute approximate surface area is 644 Å². The number of rotatable bonds is 77. The number of aliphatic hydroxyl groups excluding tert-OH is 1. The van der Waals surface area contributed by atoms with E-state index in [-0.39, 0.29) is 25.7 Å². The van der Waals surface area contributed by atoms with Crippen LogP contribution >= 0.6 is 15.6 Å². The van der Waals surface area contributed by atoms with Crippen molar-refractivity contribution in [3.05, 3.63) is 134 Å². The first-order valence-corrected chi connectivity index (χ1v) is 44.4. The molecule has 0 radical (unpaired) electrons. The Hall–Kier alpha value is -4.80. The number of esters is 4. The minimum Gasteiger partial charge on any atom is -0.462 e. The smallest absolute Gasteiger partial charge is 0.462 e. The highest BCUT2D eigenvalue weighted by Crippen LogP contribution is 2.45. The fourth-order valence-corrected chi connectivity index (χ4v) is 12.5. The van der Waals surface area contributed by atoms with Crippen LogP contribution in [0.5, 0.6) is 0 Å². The molecule has 0 aliphatic carbocycles. The van der Waals surface area contributed by atoms with E-state index < -0.39 is 97.5 Å². The Balaban J connectivity index is 5.41.